The third kappa shape index (κ3) is 3.37. The molecule has 0 atom stereocenters. The third-order valence-electron chi connectivity index (χ3n) is 3.43. The van der Waals surface area contributed by atoms with Crippen molar-refractivity contribution in [1.29, 1.82) is 0 Å². The molecule has 1 aliphatic carbocycles. The highest BCUT2D eigenvalue weighted by molar-refractivity contribution is 7.89. The molecule has 1 aromatic carbocycles. The predicted octanol–water partition coefficient (Wildman–Crippen LogP) is 2.11. The van der Waals surface area contributed by atoms with Crippen molar-refractivity contribution >= 4 is 10.0 Å². The smallest absolute Gasteiger partial charge is 0.245 e. The molecule has 0 amide bonds. The Balaban J connectivity index is 2.27. The molecule has 6 heteroatoms. The Morgan fingerprint density at radius 3 is 2.60 bits per heavy atom. The SMILES string of the molecule is CC(C)NCc1ccc(F)c(S(=O)(=O)N(C)C2CC2)c1. The molecule has 0 aromatic heterocycles. The molecule has 0 bridgehead atoms. The molecule has 0 unspecified atom stereocenters. The van der Waals surface area contributed by atoms with Gasteiger partial charge in [-0.25, -0.2) is 12.8 Å². The lowest BCUT2D eigenvalue weighted by molar-refractivity contribution is 0.457. The summed E-state index contributed by atoms with van der Waals surface area (Å²) in [4.78, 5) is -0.227. The normalized spacial score (nSPS) is 16.1. The average Bonchev–Trinajstić information content (AvgIpc) is 3.20. The Hall–Kier alpha value is -0.980. The van der Waals surface area contributed by atoms with E-state index in [1.165, 1.54) is 23.5 Å². The van der Waals surface area contributed by atoms with Crippen molar-refractivity contribution in [3.8, 4) is 0 Å². The van der Waals surface area contributed by atoms with Gasteiger partial charge in [0.1, 0.15) is 10.7 Å². The van der Waals surface area contributed by atoms with Gasteiger partial charge in [0.15, 0.2) is 0 Å². The molecular formula is C14H21FN2O2S. The quantitative estimate of drug-likeness (QED) is 0.875. The fraction of sp³-hybridized carbons (Fsp3) is 0.571. The lowest BCUT2D eigenvalue weighted by Gasteiger charge is -2.17. The summed E-state index contributed by atoms with van der Waals surface area (Å²) < 4.78 is 39.9. The molecule has 20 heavy (non-hydrogen) atoms. The molecule has 0 radical (unpaired) electrons. The molecule has 1 fully saturated rings. The highest BCUT2D eigenvalue weighted by atomic mass is 32.2. The van der Waals surface area contributed by atoms with Crippen molar-refractivity contribution in [1.82, 2.24) is 9.62 Å². The number of nitrogens with zero attached hydrogens (tertiary/aromatic N) is 1. The number of nitrogens with one attached hydrogen (secondary N) is 1. The summed E-state index contributed by atoms with van der Waals surface area (Å²) >= 11 is 0. The van der Waals surface area contributed by atoms with Crippen LogP contribution in [-0.2, 0) is 16.6 Å². The first-order valence-electron chi connectivity index (χ1n) is 6.82. The maximum atomic E-state index is 13.9. The molecule has 1 N–H and O–H groups in total. The van der Waals surface area contributed by atoms with E-state index in [2.05, 4.69) is 5.32 Å². The monoisotopic (exact) mass is 300 g/mol. The fourth-order valence-electron chi connectivity index (χ4n) is 1.97. The van der Waals surface area contributed by atoms with Crippen LogP contribution in [0.2, 0.25) is 0 Å². The molecule has 2 rings (SSSR count). The van der Waals surface area contributed by atoms with Crippen molar-refractivity contribution in [2.24, 2.45) is 0 Å². The van der Waals surface area contributed by atoms with Gasteiger partial charge in [-0.15, -0.1) is 0 Å². The van der Waals surface area contributed by atoms with Crippen LogP contribution in [0.1, 0.15) is 32.3 Å². The van der Waals surface area contributed by atoms with E-state index in [1.807, 2.05) is 13.8 Å². The van der Waals surface area contributed by atoms with Crippen molar-refractivity contribution in [2.75, 3.05) is 7.05 Å². The summed E-state index contributed by atoms with van der Waals surface area (Å²) in [6.45, 7) is 4.53. The average molecular weight is 300 g/mol. The summed E-state index contributed by atoms with van der Waals surface area (Å²) in [5.74, 6) is -0.689. The summed E-state index contributed by atoms with van der Waals surface area (Å²) in [6, 6.07) is 4.58. The number of hydrogen-bond acceptors (Lipinski definition) is 3. The van der Waals surface area contributed by atoms with Crippen molar-refractivity contribution in [3.05, 3.63) is 29.6 Å². The van der Waals surface area contributed by atoms with Gasteiger partial charge in [0, 0.05) is 25.7 Å². The first kappa shape index (κ1) is 15.4. The predicted molar refractivity (Wildman–Crippen MR) is 76.3 cm³/mol. The first-order valence-corrected chi connectivity index (χ1v) is 8.26. The van der Waals surface area contributed by atoms with E-state index in [1.54, 1.807) is 6.07 Å². The maximum Gasteiger partial charge on any atom is 0.245 e. The summed E-state index contributed by atoms with van der Waals surface area (Å²) in [5, 5.41) is 3.19. The number of benzene rings is 1. The molecule has 0 spiro atoms. The van der Waals surface area contributed by atoms with Crippen LogP contribution in [-0.4, -0.2) is 31.9 Å². The standard InChI is InChI=1S/C14H21FN2O2S/c1-10(2)16-9-11-4-7-13(15)14(8-11)20(18,19)17(3)12-5-6-12/h4,7-8,10,12,16H,5-6,9H2,1-3H3. The minimum absolute atomic E-state index is 0.0249. The topological polar surface area (TPSA) is 49.4 Å². The first-order chi connectivity index (χ1) is 9.32. The van der Waals surface area contributed by atoms with E-state index in [4.69, 9.17) is 0 Å². The van der Waals surface area contributed by atoms with Crippen LogP contribution in [0.3, 0.4) is 0 Å². The van der Waals surface area contributed by atoms with Crippen molar-refractivity contribution < 1.29 is 12.8 Å². The molecule has 4 nitrogen and oxygen atoms in total. The van der Waals surface area contributed by atoms with Gasteiger partial charge in [-0.2, -0.15) is 4.31 Å². The number of rotatable bonds is 6. The highest BCUT2D eigenvalue weighted by Gasteiger charge is 2.36. The van der Waals surface area contributed by atoms with E-state index in [-0.39, 0.29) is 17.0 Å². The van der Waals surface area contributed by atoms with E-state index >= 15 is 0 Å². The van der Waals surface area contributed by atoms with Crippen LogP contribution >= 0.6 is 0 Å². The molecule has 112 valence electrons. The third-order valence-corrected chi connectivity index (χ3v) is 5.35. The van der Waals surface area contributed by atoms with Gasteiger partial charge in [-0.05, 0) is 30.5 Å². The molecule has 1 aromatic rings. The Kier molecular flexibility index (Phi) is 4.46. The van der Waals surface area contributed by atoms with Crippen LogP contribution in [0.15, 0.2) is 23.1 Å². The van der Waals surface area contributed by atoms with Crippen LogP contribution in [0, 0.1) is 5.82 Å². The molecule has 0 saturated heterocycles. The van der Waals surface area contributed by atoms with Crippen LogP contribution in [0.5, 0.6) is 0 Å². The molecular weight excluding hydrogens is 279 g/mol. The van der Waals surface area contributed by atoms with Gasteiger partial charge in [-0.1, -0.05) is 19.9 Å². The number of hydrogen-bond donors (Lipinski definition) is 1. The van der Waals surface area contributed by atoms with Crippen LogP contribution < -0.4 is 5.32 Å². The van der Waals surface area contributed by atoms with E-state index in [0.29, 0.717) is 6.54 Å². The largest absolute Gasteiger partial charge is 0.310 e. The zero-order valence-corrected chi connectivity index (χ0v) is 12.9. The summed E-state index contributed by atoms with van der Waals surface area (Å²) in [7, 11) is -2.22. The number of sulfonamides is 1. The van der Waals surface area contributed by atoms with Gasteiger partial charge < -0.3 is 5.32 Å². The van der Waals surface area contributed by atoms with Gasteiger partial charge in [0.05, 0.1) is 0 Å². The Morgan fingerprint density at radius 2 is 2.05 bits per heavy atom. The van der Waals surface area contributed by atoms with Crippen LogP contribution in [0.4, 0.5) is 4.39 Å². The molecule has 0 heterocycles. The Morgan fingerprint density at radius 1 is 1.40 bits per heavy atom. The van der Waals surface area contributed by atoms with Crippen molar-refractivity contribution in [2.45, 2.75) is 50.2 Å². The second-order valence-corrected chi connectivity index (χ2v) is 7.52. The van der Waals surface area contributed by atoms with E-state index < -0.39 is 15.8 Å². The lowest BCUT2D eigenvalue weighted by atomic mass is 10.2. The zero-order valence-electron chi connectivity index (χ0n) is 12.1. The Bertz CT molecular complexity index is 583. The maximum absolute atomic E-state index is 13.9. The minimum atomic E-state index is -3.74. The molecule has 0 aliphatic heterocycles. The zero-order chi connectivity index (χ0) is 14.9. The van der Waals surface area contributed by atoms with Crippen LogP contribution in [0.25, 0.3) is 0 Å². The molecule has 1 aliphatic rings. The van der Waals surface area contributed by atoms with Gasteiger partial charge in [-0.3, -0.25) is 0 Å². The lowest BCUT2D eigenvalue weighted by Crippen LogP contribution is -2.30. The highest BCUT2D eigenvalue weighted by Crippen LogP contribution is 2.31. The van der Waals surface area contributed by atoms with E-state index in [9.17, 15) is 12.8 Å². The number of halogens is 1. The van der Waals surface area contributed by atoms with Crippen molar-refractivity contribution in [3.63, 3.8) is 0 Å². The van der Waals surface area contributed by atoms with Gasteiger partial charge in [0.2, 0.25) is 10.0 Å². The second kappa shape index (κ2) is 5.79. The fourth-order valence-corrected chi connectivity index (χ4v) is 3.50. The Labute approximate surface area is 120 Å². The minimum Gasteiger partial charge on any atom is -0.310 e. The summed E-state index contributed by atoms with van der Waals surface area (Å²) in [5.41, 5.74) is 0.767. The van der Waals surface area contributed by atoms with E-state index in [0.717, 1.165) is 18.4 Å². The van der Waals surface area contributed by atoms with Gasteiger partial charge >= 0.3 is 0 Å². The van der Waals surface area contributed by atoms with Gasteiger partial charge in [0.25, 0.3) is 0 Å². The molecule has 1 saturated carbocycles. The second-order valence-electron chi connectivity index (χ2n) is 5.55. The summed E-state index contributed by atoms with van der Waals surface area (Å²) in [6.07, 6.45) is 1.71.